The van der Waals surface area contributed by atoms with Gasteiger partial charge in [0.05, 0.1) is 0 Å². The van der Waals surface area contributed by atoms with E-state index in [0.29, 0.717) is 0 Å². The van der Waals surface area contributed by atoms with Crippen LogP contribution in [0.2, 0.25) is 0 Å². The van der Waals surface area contributed by atoms with E-state index in [1.807, 2.05) is 6.92 Å². The summed E-state index contributed by atoms with van der Waals surface area (Å²) in [6.07, 6.45) is 1.86. The smallest absolute Gasteiger partial charge is 0.208 e. The third kappa shape index (κ3) is 60.9. The van der Waals surface area contributed by atoms with Crippen LogP contribution in [0, 0.1) is 0 Å². The Kier molecular flexibility index (Phi) is 38.5. The fourth-order valence-electron chi connectivity index (χ4n) is 0.144. The Balaban J connectivity index is -0.0000000321. The summed E-state index contributed by atoms with van der Waals surface area (Å²) < 4.78 is 28.8. The Bertz CT molecular complexity index is 158. The van der Waals surface area contributed by atoms with Crippen LogP contribution in [0.5, 0.6) is 0 Å². The van der Waals surface area contributed by atoms with E-state index in [-0.39, 0.29) is 25.1 Å². The van der Waals surface area contributed by atoms with E-state index in [1.54, 1.807) is 0 Å². The summed E-state index contributed by atoms with van der Waals surface area (Å²) in [4.78, 5) is 0. The quantitative estimate of drug-likeness (QED) is 0.242. The van der Waals surface area contributed by atoms with Crippen LogP contribution in [0.3, 0.4) is 0 Å². The molecule has 0 aromatic rings. The minimum atomic E-state index is -4.97. The second-order valence-corrected chi connectivity index (χ2v) is 2.49. The summed E-state index contributed by atoms with van der Waals surface area (Å²) in [6, 6.07) is 0. The number of hydrogen-bond donors (Lipinski definition) is 3. The summed E-state index contributed by atoms with van der Waals surface area (Å²) in [5.41, 5.74) is 0. The van der Waals surface area contributed by atoms with Crippen molar-refractivity contribution in [3.05, 3.63) is 0 Å². The fourth-order valence-corrected chi connectivity index (χ4v) is 0.144. The Hall–Kier alpha value is -0.330. The van der Waals surface area contributed by atoms with Crippen molar-refractivity contribution in [3.8, 4) is 0 Å². The Morgan fingerprint density at radius 3 is 1.50 bits per heavy atom. The molecule has 0 unspecified atom stereocenters. The zero-order chi connectivity index (χ0) is 9.33. The van der Waals surface area contributed by atoms with Gasteiger partial charge in [0.1, 0.15) is 0 Å². The van der Waals surface area contributed by atoms with Gasteiger partial charge >= 0.3 is 0 Å². The first kappa shape index (κ1) is 29.2. The average molecular weight is 239 g/mol. The van der Waals surface area contributed by atoms with Gasteiger partial charge in [-0.15, -0.1) is 6.61 Å². The molecular weight excluding hydrogens is 218 g/mol. The summed E-state index contributed by atoms with van der Waals surface area (Å²) in [7, 11) is -4.97. The Labute approximate surface area is 83.7 Å². The molecule has 0 aliphatic carbocycles. The van der Waals surface area contributed by atoms with Gasteiger partial charge in [-0.1, -0.05) is 19.8 Å². The average Bonchev–Trinajstić information content (AvgIpc) is 1.90. The lowest BCUT2D eigenvalue weighted by Gasteiger charge is -2.07. The van der Waals surface area contributed by atoms with Crippen LogP contribution in [0.1, 0.15) is 19.8 Å². The topological polar surface area (TPSA) is 222 Å². The molecule has 0 rings (SSSR count). The molecule has 0 fully saturated rings. The number of rotatable bonds is 3. The van der Waals surface area contributed by atoms with Gasteiger partial charge in [-0.3, -0.25) is 0 Å². The molecule has 0 saturated heterocycles. The van der Waals surface area contributed by atoms with Crippen molar-refractivity contribution < 1.29 is 27.7 Å². The number of quaternary nitrogens is 3. The minimum absolute atomic E-state index is 0. The molecule has 0 atom stereocenters. The standard InChI is InChI=1S/C4H9O.3H3N.H2O5S/c1-2-3-4-5;;;;1-5-6(2,3)4/h2-4H2,1H3;3*1H3;1H,(H,2,3,4)/q-1;;;;/p+1. The Morgan fingerprint density at radius 1 is 1.21 bits per heavy atom. The summed E-state index contributed by atoms with van der Waals surface area (Å²) in [5, 5.41) is 18.1. The van der Waals surface area contributed by atoms with E-state index >= 15 is 0 Å². The molecule has 0 amide bonds. The molecular formula is C4H21N3O6S. The normalized spacial score (nSPS) is 8.00. The molecule has 10 heteroatoms. The fraction of sp³-hybridized carbons (Fsp3) is 1.00. The highest BCUT2D eigenvalue weighted by Crippen LogP contribution is 1.76. The molecule has 0 heterocycles. The minimum Gasteiger partial charge on any atom is -0.854 e. The molecule has 12 N–H and O–H groups in total. The highest BCUT2D eigenvalue weighted by atomic mass is 32.3. The summed E-state index contributed by atoms with van der Waals surface area (Å²) >= 11 is 0. The van der Waals surface area contributed by atoms with Gasteiger partial charge in [0.2, 0.25) is 10.4 Å². The van der Waals surface area contributed by atoms with Crippen molar-refractivity contribution >= 4 is 10.4 Å². The third-order valence-corrected chi connectivity index (χ3v) is 0.748. The first-order valence-corrected chi connectivity index (χ1v) is 4.16. The maximum atomic E-state index is 9.53. The molecule has 94 valence electrons. The first-order chi connectivity index (χ1) is 4.97. The molecule has 14 heavy (non-hydrogen) atoms. The maximum absolute atomic E-state index is 9.53. The van der Waals surface area contributed by atoms with Crippen LogP contribution < -0.4 is 28.8 Å². The van der Waals surface area contributed by atoms with Crippen molar-refractivity contribution in [2.24, 2.45) is 0 Å². The van der Waals surface area contributed by atoms with Gasteiger partial charge in [0, 0.05) is 0 Å². The van der Waals surface area contributed by atoms with Crippen LogP contribution in [0.4, 0.5) is 0 Å². The van der Waals surface area contributed by atoms with Crippen molar-refractivity contribution in [2.75, 3.05) is 6.61 Å². The predicted octanol–water partition coefficient (Wildman–Crippen LogP) is -0.986. The molecule has 0 aromatic heterocycles. The second-order valence-electron chi connectivity index (χ2n) is 1.53. The van der Waals surface area contributed by atoms with E-state index < -0.39 is 10.4 Å². The van der Waals surface area contributed by atoms with E-state index in [4.69, 9.17) is 18.2 Å². The molecule has 0 spiro atoms. The van der Waals surface area contributed by atoms with Crippen LogP contribution in [-0.4, -0.2) is 19.6 Å². The molecule has 0 radical (unpaired) electrons. The van der Waals surface area contributed by atoms with Crippen LogP contribution in [-0.2, 0) is 14.7 Å². The predicted molar refractivity (Wildman–Crippen MR) is 48.5 cm³/mol. The molecule has 0 bridgehead atoms. The van der Waals surface area contributed by atoms with Crippen LogP contribution in [0.15, 0.2) is 0 Å². The second kappa shape index (κ2) is 18.5. The number of unbranched alkanes of at least 4 members (excludes halogenated alkanes) is 1. The van der Waals surface area contributed by atoms with E-state index in [1.165, 1.54) is 0 Å². The van der Waals surface area contributed by atoms with Crippen molar-refractivity contribution in [3.63, 3.8) is 0 Å². The maximum Gasteiger partial charge on any atom is 0.208 e. The van der Waals surface area contributed by atoms with Crippen molar-refractivity contribution in [1.82, 2.24) is 18.5 Å². The monoisotopic (exact) mass is 239 g/mol. The van der Waals surface area contributed by atoms with Crippen molar-refractivity contribution in [2.45, 2.75) is 19.8 Å². The highest BCUT2D eigenvalue weighted by Gasteiger charge is 1.73. The van der Waals surface area contributed by atoms with E-state index in [2.05, 4.69) is 4.33 Å². The Morgan fingerprint density at radius 2 is 1.50 bits per heavy atom. The van der Waals surface area contributed by atoms with Gasteiger partial charge in [-0.25, -0.2) is 8.42 Å². The summed E-state index contributed by atoms with van der Waals surface area (Å²) in [5.74, 6) is 0. The molecule has 0 aliphatic heterocycles. The molecule has 0 saturated carbocycles. The molecule has 0 aromatic carbocycles. The highest BCUT2D eigenvalue weighted by molar-refractivity contribution is 7.80. The lowest BCUT2D eigenvalue weighted by molar-refractivity contribution is -0.637. The van der Waals surface area contributed by atoms with E-state index in [9.17, 15) is 5.11 Å². The van der Waals surface area contributed by atoms with Gasteiger partial charge in [-0.2, -0.15) is 0 Å². The van der Waals surface area contributed by atoms with Gasteiger partial charge in [0.15, 0.2) is 0 Å². The lowest BCUT2D eigenvalue weighted by atomic mass is 10.4. The van der Waals surface area contributed by atoms with Gasteiger partial charge < -0.3 is 37.7 Å². The first-order valence-electron chi connectivity index (χ1n) is 2.83. The van der Waals surface area contributed by atoms with Crippen molar-refractivity contribution in [1.29, 1.82) is 0 Å². The lowest BCUT2D eigenvalue weighted by Crippen LogP contribution is -2.13. The van der Waals surface area contributed by atoms with Crippen LogP contribution >= 0.6 is 0 Å². The SMILES string of the molecule is CCCC[O-].O=S(=O)([O-])O[O-].[NH4+].[NH4+].[NH4+]. The van der Waals surface area contributed by atoms with E-state index in [0.717, 1.165) is 12.8 Å². The molecule has 0 aliphatic rings. The van der Waals surface area contributed by atoms with Crippen LogP contribution in [0.25, 0.3) is 0 Å². The largest absolute Gasteiger partial charge is 0.854 e. The zero-order valence-electron chi connectivity index (χ0n) is 8.98. The summed E-state index contributed by atoms with van der Waals surface area (Å²) in [6.45, 7) is 2.11. The van der Waals surface area contributed by atoms with Gasteiger partial charge in [0.25, 0.3) is 0 Å². The zero-order valence-corrected chi connectivity index (χ0v) is 9.80. The van der Waals surface area contributed by atoms with Gasteiger partial charge in [-0.05, 0) is 0 Å². The third-order valence-electron chi connectivity index (χ3n) is 0.581. The number of hydrogen-bond acceptors (Lipinski definition) is 6. The molecule has 9 nitrogen and oxygen atoms in total.